The van der Waals surface area contributed by atoms with Gasteiger partial charge in [0, 0.05) is 49.7 Å². The SMILES string of the molecule is Cc1c(-c2cc(O[C@H](CO)c3ccc(F)cn3)c3c(Cl)cnn3c2)nnn1C1CCN(C#N)CC1.Cc1c(-c2cc(O[C@H](CO)c3ccc(F)cn3)c3c(Cl)cnn3c2)nnn1C1CCN(C#N)CC1.O=C(O)c1cc(O)c(O)c(O)c1. The van der Waals surface area contributed by atoms with E-state index in [1.54, 1.807) is 43.4 Å². The summed E-state index contributed by atoms with van der Waals surface area (Å²) in [4.78, 5) is 21.9. The number of carboxylic acid groups (broad SMARTS) is 1. The Morgan fingerprint density at radius 1 is 0.671 bits per heavy atom. The summed E-state index contributed by atoms with van der Waals surface area (Å²) < 4.78 is 45.9. The molecule has 2 fully saturated rings. The van der Waals surface area contributed by atoms with Crippen LogP contribution in [0, 0.1) is 48.4 Å². The first-order valence-electron chi connectivity index (χ1n) is 25.2. The summed E-state index contributed by atoms with van der Waals surface area (Å²) in [5.41, 5.74) is 5.97. The number of aromatic nitrogens is 12. The van der Waals surface area contributed by atoms with Gasteiger partial charge >= 0.3 is 5.97 Å². The highest BCUT2D eigenvalue weighted by atomic mass is 35.5. The third-order valence-electron chi connectivity index (χ3n) is 13.7. The molecule has 82 heavy (non-hydrogen) atoms. The summed E-state index contributed by atoms with van der Waals surface area (Å²) >= 11 is 12.8. The van der Waals surface area contributed by atoms with Crippen molar-refractivity contribution in [3.8, 4) is 63.6 Å². The molecule has 6 N–H and O–H groups in total. The van der Waals surface area contributed by atoms with Crippen molar-refractivity contribution in [1.29, 1.82) is 10.5 Å². The number of ether oxygens (including phenoxy) is 2. The fourth-order valence-electron chi connectivity index (χ4n) is 9.44. The maximum absolute atomic E-state index is 13.3. The predicted octanol–water partition coefficient (Wildman–Crippen LogP) is 7.14. The van der Waals surface area contributed by atoms with Gasteiger partial charge in [0.1, 0.15) is 45.6 Å². The van der Waals surface area contributed by atoms with Gasteiger partial charge in [-0.3, -0.25) is 9.97 Å². The fraction of sp³-hybridized carbons (Fsp3) is 0.302. The van der Waals surface area contributed by atoms with Crippen LogP contribution < -0.4 is 9.47 Å². The van der Waals surface area contributed by atoms with Crippen LogP contribution in [0.3, 0.4) is 0 Å². The number of nitrogens with zero attached hydrogens (tertiary/aromatic N) is 16. The number of halogens is 4. The summed E-state index contributed by atoms with van der Waals surface area (Å²) in [6.45, 7) is 5.89. The van der Waals surface area contributed by atoms with E-state index in [9.17, 15) is 23.8 Å². The van der Waals surface area contributed by atoms with Gasteiger partial charge in [-0.1, -0.05) is 33.6 Å². The molecule has 0 spiro atoms. The van der Waals surface area contributed by atoms with Crippen molar-refractivity contribution in [2.24, 2.45) is 0 Å². The first-order valence-corrected chi connectivity index (χ1v) is 26.0. The lowest BCUT2D eigenvalue weighted by atomic mass is 10.0. The van der Waals surface area contributed by atoms with Crippen LogP contribution in [0.4, 0.5) is 8.78 Å². The monoisotopic (exact) mass is 1160 g/mol. The highest BCUT2D eigenvalue weighted by Crippen LogP contribution is 2.39. The predicted molar refractivity (Wildman–Crippen MR) is 287 cm³/mol. The Bertz CT molecular complexity index is 3590. The lowest BCUT2D eigenvalue weighted by Crippen LogP contribution is -2.31. The van der Waals surface area contributed by atoms with Crippen LogP contribution in [0.2, 0.25) is 10.0 Å². The molecule has 0 bridgehead atoms. The van der Waals surface area contributed by atoms with Gasteiger partial charge in [0.25, 0.3) is 0 Å². The van der Waals surface area contributed by atoms with Crippen molar-refractivity contribution in [3.05, 3.63) is 136 Å². The number of phenolic OH excluding ortho intramolecular Hbond substituents is 3. The topological polar surface area (TPSA) is 333 Å². The third kappa shape index (κ3) is 12.3. The fourth-order valence-corrected chi connectivity index (χ4v) is 9.88. The Hall–Kier alpha value is -9.41. The minimum atomic E-state index is -1.29. The maximum atomic E-state index is 13.3. The van der Waals surface area contributed by atoms with E-state index < -0.39 is 47.1 Å². The number of fused-ring (bicyclic) bond motifs is 2. The van der Waals surface area contributed by atoms with Crippen LogP contribution in [0.5, 0.6) is 28.7 Å². The van der Waals surface area contributed by atoms with E-state index in [1.165, 1.54) is 36.7 Å². The normalized spacial score (nSPS) is 14.5. The zero-order valence-corrected chi connectivity index (χ0v) is 45.1. The van der Waals surface area contributed by atoms with Crippen molar-refractivity contribution in [2.45, 2.75) is 63.8 Å². The largest absolute Gasteiger partial charge is 0.504 e. The molecule has 2 atom stereocenters. The summed E-state index contributed by atoms with van der Waals surface area (Å²) in [7, 11) is 0. The zero-order valence-electron chi connectivity index (χ0n) is 43.5. The number of carboxylic acids is 1. The van der Waals surface area contributed by atoms with Crippen LogP contribution >= 0.6 is 23.2 Å². The summed E-state index contributed by atoms with van der Waals surface area (Å²) in [5, 5.41) is 100. The lowest BCUT2D eigenvalue weighted by molar-refractivity contribution is 0.0695. The Balaban J connectivity index is 0.000000165. The number of aliphatic hydroxyl groups is 2. The van der Waals surface area contributed by atoms with Crippen molar-refractivity contribution < 1.29 is 53.7 Å². The molecular weight excluding hydrogens is 1110 g/mol. The number of aromatic carboxylic acids is 1. The molecule has 0 radical (unpaired) electrons. The molecule has 424 valence electrons. The number of hydrogen-bond acceptors (Lipinski definition) is 20. The average Bonchev–Trinajstić information content (AvgIpc) is 4.48. The second-order valence-corrected chi connectivity index (χ2v) is 19.7. The molecule has 0 aliphatic carbocycles. The van der Waals surface area contributed by atoms with Crippen LogP contribution in [0.1, 0.15) is 83.1 Å². The van der Waals surface area contributed by atoms with Crippen molar-refractivity contribution >= 4 is 40.2 Å². The van der Waals surface area contributed by atoms with Crippen molar-refractivity contribution in [3.63, 3.8) is 0 Å². The summed E-state index contributed by atoms with van der Waals surface area (Å²) in [6.07, 6.45) is 14.7. The average molecular weight is 1160 g/mol. The molecule has 0 amide bonds. The van der Waals surface area contributed by atoms with Gasteiger partial charge in [-0.15, -0.1) is 10.2 Å². The van der Waals surface area contributed by atoms with Crippen LogP contribution in [0.15, 0.2) is 85.7 Å². The number of likely N-dealkylation sites (tertiary alicyclic amines) is 2. The number of pyridine rings is 4. The molecule has 2 aliphatic rings. The molecular formula is C53H50Cl2F2N16O9. The van der Waals surface area contributed by atoms with E-state index in [0.717, 1.165) is 61.6 Å². The number of rotatable bonds is 13. The van der Waals surface area contributed by atoms with E-state index in [0.29, 0.717) is 92.7 Å². The first kappa shape index (κ1) is 57.3. The van der Waals surface area contributed by atoms with Crippen LogP contribution in [-0.2, 0) is 0 Å². The van der Waals surface area contributed by atoms with Gasteiger partial charge < -0.3 is 49.9 Å². The van der Waals surface area contributed by atoms with Gasteiger partial charge in [-0.25, -0.2) is 32.0 Å². The van der Waals surface area contributed by atoms with Crippen molar-refractivity contribution in [2.75, 3.05) is 39.4 Å². The highest BCUT2D eigenvalue weighted by Gasteiger charge is 2.28. The number of carbonyl (C=O) groups is 1. The molecule has 25 nitrogen and oxygen atoms in total. The minimum Gasteiger partial charge on any atom is -0.504 e. The third-order valence-corrected chi connectivity index (χ3v) is 14.3. The molecule has 0 unspecified atom stereocenters. The number of benzene rings is 1. The van der Waals surface area contributed by atoms with E-state index in [4.69, 9.17) is 63.6 Å². The second-order valence-electron chi connectivity index (χ2n) is 18.9. The molecule has 10 heterocycles. The summed E-state index contributed by atoms with van der Waals surface area (Å²) in [6, 6.07) is 11.0. The van der Waals surface area contributed by atoms with Crippen LogP contribution in [0.25, 0.3) is 33.5 Å². The van der Waals surface area contributed by atoms with E-state index in [1.807, 2.05) is 23.2 Å². The van der Waals surface area contributed by atoms with Gasteiger partial charge in [0.15, 0.2) is 41.8 Å². The van der Waals surface area contributed by atoms with Gasteiger partial charge in [0.2, 0.25) is 0 Å². The second kappa shape index (κ2) is 24.9. The Labute approximate surface area is 474 Å². The number of aromatic hydroxyl groups is 3. The smallest absolute Gasteiger partial charge is 0.335 e. The number of phenols is 3. The number of hydrogen-bond donors (Lipinski definition) is 6. The molecule has 0 saturated carbocycles. The molecule has 11 rings (SSSR count). The summed E-state index contributed by atoms with van der Waals surface area (Å²) in [5.74, 6) is -3.56. The number of nitriles is 2. The minimum absolute atomic E-state index is 0.155. The molecule has 1 aromatic carbocycles. The van der Waals surface area contributed by atoms with Crippen molar-refractivity contribution in [1.82, 2.24) is 69.0 Å². The quantitative estimate of drug-likeness (QED) is 0.0493. The standard InChI is InChI=1S/2C23H22ClFN8O2.C7H6O5/c2*1-14-22(29-30-33(14)17-4-6-31(13-26)7-5-17)15-8-20(23-18(24)10-28-32(23)11-15)35-21(12-34)19-3-2-16(25)9-27-19;8-4-1-3(7(11)12)2-5(9)6(4)10/h2*2-3,8-11,17,21,34H,4-7,12H2,1H3;1-2,8-10H,(H,11,12)/t2*21-;/m11./s1. The number of aliphatic hydroxyl groups excluding tert-OH is 2. The van der Waals surface area contributed by atoms with Gasteiger partial charge in [0.05, 0.1) is 88.5 Å². The van der Waals surface area contributed by atoms with E-state index in [2.05, 4.69) is 53.2 Å². The molecule has 29 heteroatoms. The molecule has 2 aliphatic heterocycles. The van der Waals surface area contributed by atoms with E-state index in [-0.39, 0.29) is 30.9 Å². The lowest BCUT2D eigenvalue weighted by Gasteiger charge is -2.28. The van der Waals surface area contributed by atoms with E-state index >= 15 is 0 Å². The molecule has 2 saturated heterocycles. The Morgan fingerprint density at radius 2 is 1.07 bits per heavy atom. The number of piperidine rings is 2. The molecule has 8 aromatic heterocycles. The molecule has 9 aromatic rings. The zero-order chi connectivity index (χ0) is 58.4. The van der Waals surface area contributed by atoms with Gasteiger partial charge in [-0.05, 0) is 88.1 Å². The highest BCUT2D eigenvalue weighted by molar-refractivity contribution is 6.34. The first-order chi connectivity index (χ1) is 39.5. The Kier molecular flexibility index (Phi) is 17.4. The van der Waals surface area contributed by atoms with Gasteiger partial charge in [-0.2, -0.15) is 20.7 Å². The maximum Gasteiger partial charge on any atom is 0.335 e. The Morgan fingerprint density at radius 3 is 1.41 bits per heavy atom. The van der Waals surface area contributed by atoms with Crippen LogP contribution in [-0.4, -0.2) is 145 Å².